The van der Waals surface area contributed by atoms with Crippen LogP contribution in [0.25, 0.3) is 21.9 Å². The SMILES string of the molecule is OCc1cc(Cl)cc(-c2cncc3ccccc23)c1. The Hall–Kier alpha value is -1.90. The van der Waals surface area contributed by atoms with Gasteiger partial charge in [0.1, 0.15) is 0 Å². The first kappa shape index (κ1) is 12.2. The van der Waals surface area contributed by atoms with E-state index < -0.39 is 0 Å². The Morgan fingerprint density at radius 3 is 2.74 bits per heavy atom. The molecule has 19 heavy (non-hydrogen) atoms. The van der Waals surface area contributed by atoms with Gasteiger partial charge in [-0.25, -0.2) is 0 Å². The summed E-state index contributed by atoms with van der Waals surface area (Å²) in [7, 11) is 0. The Balaban J connectivity index is 2.27. The minimum Gasteiger partial charge on any atom is -0.392 e. The molecule has 94 valence electrons. The second-order valence-electron chi connectivity index (χ2n) is 4.41. The molecule has 3 rings (SSSR count). The minimum atomic E-state index is -0.0221. The Kier molecular flexibility index (Phi) is 3.20. The van der Waals surface area contributed by atoms with Crippen LogP contribution < -0.4 is 0 Å². The van der Waals surface area contributed by atoms with Crippen LogP contribution in [0.15, 0.2) is 54.9 Å². The summed E-state index contributed by atoms with van der Waals surface area (Å²) >= 11 is 6.10. The minimum absolute atomic E-state index is 0.0221. The lowest BCUT2D eigenvalue weighted by molar-refractivity contribution is 0.282. The molecule has 1 aromatic heterocycles. The van der Waals surface area contributed by atoms with Crippen molar-refractivity contribution >= 4 is 22.4 Å². The number of rotatable bonds is 2. The Morgan fingerprint density at radius 1 is 1.05 bits per heavy atom. The molecule has 0 radical (unpaired) electrons. The average Bonchev–Trinajstić information content (AvgIpc) is 2.46. The fourth-order valence-corrected chi connectivity index (χ4v) is 2.50. The maximum Gasteiger partial charge on any atom is 0.0682 e. The Morgan fingerprint density at radius 2 is 1.89 bits per heavy atom. The number of benzene rings is 2. The molecule has 3 aromatic rings. The van der Waals surface area contributed by atoms with E-state index in [1.807, 2.05) is 42.7 Å². The number of halogens is 1. The zero-order valence-electron chi connectivity index (χ0n) is 10.2. The zero-order chi connectivity index (χ0) is 13.2. The largest absolute Gasteiger partial charge is 0.392 e. The molecule has 1 heterocycles. The van der Waals surface area contributed by atoms with Crippen LogP contribution in [0.5, 0.6) is 0 Å². The molecule has 0 bridgehead atoms. The van der Waals surface area contributed by atoms with Crippen molar-refractivity contribution in [2.75, 3.05) is 0 Å². The molecule has 0 unspecified atom stereocenters. The summed E-state index contributed by atoms with van der Waals surface area (Å²) in [6, 6.07) is 13.7. The van der Waals surface area contributed by atoms with Gasteiger partial charge < -0.3 is 5.11 Å². The van der Waals surface area contributed by atoms with Gasteiger partial charge in [0.15, 0.2) is 0 Å². The molecular weight excluding hydrogens is 258 g/mol. The van der Waals surface area contributed by atoms with Crippen molar-refractivity contribution < 1.29 is 5.11 Å². The highest BCUT2D eigenvalue weighted by Gasteiger charge is 2.06. The summed E-state index contributed by atoms with van der Waals surface area (Å²) in [6.45, 7) is -0.0221. The normalized spacial score (nSPS) is 10.8. The standard InChI is InChI=1S/C16H12ClNO/c17-14-6-11(10-19)5-13(7-14)16-9-18-8-12-3-1-2-4-15(12)16/h1-9,19H,10H2. The van der Waals surface area contributed by atoms with E-state index in [0.717, 1.165) is 27.5 Å². The third-order valence-corrected chi connectivity index (χ3v) is 3.34. The molecule has 2 aromatic carbocycles. The van der Waals surface area contributed by atoms with Crippen molar-refractivity contribution in [3.63, 3.8) is 0 Å². The van der Waals surface area contributed by atoms with Crippen LogP contribution in [-0.4, -0.2) is 10.1 Å². The van der Waals surface area contributed by atoms with Gasteiger partial charge in [-0.3, -0.25) is 4.98 Å². The van der Waals surface area contributed by atoms with Crippen LogP contribution in [0.2, 0.25) is 5.02 Å². The van der Waals surface area contributed by atoms with E-state index in [1.54, 1.807) is 6.07 Å². The summed E-state index contributed by atoms with van der Waals surface area (Å²) in [5.74, 6) is 0. The average molecular weight is 270 g/mol. The predicted molar refractivity (Wildman–Crippen MR) is 78.1 cm³/mol. The van der Waals surface area contributed by atoms with Gasteiger partial charge in [-0.1, -0.05) is 35.9 Å². The summed E-state index contributed by atoms with van der Waals surface area (Å²) in [6.07, 6.45) is 3.67. The van der Waals surface area contributed by atoms with Crippen molar-refractivity contribution in [2.24, 2.45) is 0 Å². The first-order valence-corrected chi connectivity index (χ1v) is 6.39. The number of hydrogen-bond acceptors (Lipinski definition) is 2. The van der Waals surface area contributed by atoms with Crippen LogP contribution in [-0.2, 0) is 6.61 Å². The van der Waals surface area contributed by atoms with Crippen molar-refractivity contribution in [1.29, 1.82) is 0 Å². The maximum atomic E-state index is 9.27. The molecule has 0 aliphatic heterocycles. The summed E-state index contributed by atoms with van der Waals surface area (Å²) in [4.78, 5) is 4.27. The molecule has 0 aliphatic carbocycles. The zero-order valence-corrected chi connectivity index (χ0v) is 10.9. The second-order valence-corrected chi connectivity index (χ2v) is 4.85. The third-order valence-electron chi connectivity index (χ3n) is 3.12. The van der Waals surface area contributed by atoms with E-state index in [0.29, 0.717) is 5.02 Å². The fourth-order valence-electron chi connectivity index (χ4n) is 2.24. The van der Waals surface area contributed by atoms with Crippen LogP contribution in [0.3, 0.4) is 0 Å². The highest BCUT2D eigenvalue weighted by molar-refractivity contribution is 6.31. The lowest BCUT2D eigenvalue weighted by Crippen LogP contribution is -1.88. The lowest BCUT2D eigenvalue weighted by Gasteiger charge is -2.08. The monoisotopic (exact) mass is 269 g/mol. The van der Waals surface area contributed by atoms with Crippen molar-refractivity contribution in [2.45, 2.75) is 6.61 Å². The molecule has 0 saturated heterocycles. The van der Waals surface area contributed by atoms with Crippen molar-refractivity contribution in [3.05, 3.63) is 65.4 Å². The third kappa shape index (κ3) is 2.33. The van der Waals surface area contributed by atoms with Gasteiger partial charge in [-0.2, -0.15) is 0 Å². The molecule has 3 heteroatoms. The first-order chi connectivity index (χ1) is 9.28. The highest BCUT2D eigenvalue weighted by Crippen LogP contribution is 2.30. The number of fused-ring (bicyclic) bond motifs is 1. The van der Waals surface area contributed by atoms with Crippen LogP contribution in [0.1, 0.15) is 5.56 Å². The molecular formula is C16H12ClNO. The Labute approximate surface area is 116 Å². The summed E-state index contributed by atoms with van der Waals surface area (Å²) in [5.41, 5.74) is 2.80. The topological polar surface area (TPSA) is 33.1 Å². The first-order valence-electron chi connectivity index (χ1n) is 6.01. The fraction of sp³-hybridized carbons (Fsp3) is 0.0625. The van der Waals surface area contributed by atoms with E-state index in [1.165, 1.54) is 0 Å². The molecule has 1 N–H and O–H groups in total. The molecule has 0 atom stereocenters. The molecule has 0 spiro atoms. The van der Waals surface area contributed by atoms with E-state index in [2.05, 4.69) is 11.1 Å². The number of aromatic nitrogens is 1. The van der Waals surface area contributed by atoms with Gasteiger partial charge >= 0.3 is 0 Å². The van der Waals surface area contributed by atoms with Gasteiger partial charge in [0.05, 0.1) is 6.61 Å². The molecule has 0 aliphatic rings. The number of hydrogen-bond donors (Lipinski definition) is 1. The lowest BCUT2D eigenvalue weighted by atomic mass is 9.99. The van der Waals surface area contributed by atoms with Crippen LogP contribution >= 0.6 is 11.6 Å². The number of aliphatic hydroxyl groups excluding tert-OH is 1. The summed E-state index contributed by atoms with van der Waals surface area (Å²) in [5, 5.41) is 12.1. The summed E-state index contributed by atoms with van der Waals surface area (Å²) < 4.78 is 0. The molecule has 0 saturated carbocycles. The van der Waals surface area contributed by atoms with Crippen LogP contribution in [0.4, 0.5) is 0 Å². The maximum absolute atomic E-state index is 9.27. The number of nitrogens with zero attached hydrogens (tertiary/aromatic N) is 1. The predicted octanol–water partition coefficient (Wildman–Crippen LogP) is 4.05. The van der Waals surface area contributed by atoms with Crippen molar-refractivity contribution in [3.8, 4) is 11.1 Å². The molecule has 0 fully saturated rings. The van der Waals surface area contributed by atoms with E-state index in [-0.39, 0.29) is 6.61 Å². The Bertz CT molecular complexity index is 734. The number of aliphatic hydroxyl groups is 1. The smallest absolute Gasteiger partial charge is 0.0682 e. The molecule has 2 nitrogen and oxygen atoms in total. The van der Waals surface area contributed by atoms with Crippen molar-refractivity contribution in [1.82, 2.24) is 4.98 Å². The van der Waals surface area contributed by atoms with E-state index >= 15 is 0 Å². The van der Waals surface area contributed by atoms with Gasteiger partial charge in [0.2, 0.25) is 0 Å². The van der Waals surface area contributed by atoms with Crippen LogP contribution in [0, 0.1) is 0 Å². The molecule has 0 amide bonds. The van der Waals surface area contributed by atoms with Gasteiger partial charge in [-0.15, -0.1) is 0 Å². The number of pyridine rings is 1. The van der Waals surface area contributed by atoms with Gasteiger partial charge in [0.25, 0.3) is 0 Å². The van der Waals surface area contributed by atoms with E-state index in [9.17, 15) is 5.11 Å². The quantitative estimate of drug-likeness (QED) is 0.761. The van der Waals surface area contributed by atoms with Gasteiger partial charge in [0, 0.05) is 28.4 Å². The highest BCUT2D eigenvalue weighted by atomic mass is 35.5. The second kappa shape index (κ2) is 5.00. The van der Waals surface area contributed by atoms with E-state index in [4.69, 9.17) is 11.6 Å². The van der Waals surface area contributed by atoms with Gasteiger partial charge in [-0.05, 0) is 34.7 Å².